The van der Waals surface area contributed by atoms with Gasteiger partial charge < -0.3 is 5.32 Å². The van der Waals surface area contributed by atoms with Crippen LogP contribution in [0, 0.1) is 5.41 Å². The van der Waals surface area contributed by atoms with Gasteiger partial charge in [0.15, 0.2) is 0 Å². The van der Waals surface area contributed by atoms with E-state index >= 15 is 0 Å². The number of benzene rings is 1. The molecular weight excluding hydrogens is 282 g/mol. The van der Waals surface area contributed by atoms with Crippen molar-refractivity contribution < 1.29 is 0 Å². The number of pyridine rings is 1. The van der Waals surface area contributed by atoms with Crippen molar-refractivity contribution in [3.63, 3.8) is 0 Å². The number of amidine groups is 1. The fourth-order valence-electron chi connectivity index (χ4n) is 4.00. The van der Waals surface area contributed by atoms with E-state index in [1.54, 1.807) is 0 Å². The standard InChI is InChI=1S/C20H23N3/c1-3-7-16(8-4-1)14-22-19-20(10-5-2-6-11-20)13-17-15-21-12-9-18(17)23-19/h1,3-4,7-9,12,15H,2,5-6,10-11,13-14H2,(H,22,23). The topological polar surface area (TPSA) is 37.3 Å². The Morgan fingerprint density at radius 1 is 1.04 bits per heavy atom. The molecule has 0 saturated heterocycles. The zero-order valence-electron chi connectivity index (χ0n) is 13.5. The second kappa shape index (κ2) is 6.15. The van der Waals surface area contributed by atoms with Gasteiger partial charge in [0.2, 0.25) is 0 Å². The van der Waals surface area contributed by atoms with Gasteiger partial charge in [-0.05, 0) is 36.5 Å². The molecule has 2 aromatic rings. The predicted octanol–water partition coefficient (Wildman–Crippen LogP) is 4.60. The SMILES string of the molecule is c1ccc(CN=C2Nc3ccncc3CC23CCCCC3)cc1. The van der Waals surface area contributed by atoms with E-state index in [4.69, 9.17) is 4.99 Å². The monoisotopic (exact) mass is 305 g/mol. The van der Waals surface area contributed by atoms with Crippen molar-refractivity contribution in [2.75, 3.05) is 5.32 Å². The fraction of sp³-hybridized carbons (Fsp3) is 0.400. The maximum absolute atomic E-state index is 5.01. The third-order valence-corrected chi connectivity index (χ3v) is 5.26. The summed E-state index contributed by atoms with van der Waals surface area (Å²) in [6, 6.07) is 12.6. The predicted molar refractivity (Wildman–Crippen MR) is 94.7 cm³/mol. The van der Waals surface area contributed by atoms with Crippen LogP contribution in [-0.4, -0.2) is 10.8 Å². The number of rotatable bonds is 2. The van der Waals surface area contributed by atoms with E-state index in [1.807, 2.05) is 12.4 Å². The summed E-state index contributed by atoms with van der Waals surface area (Å²) in [6.45, 7) is 0.755. The van der Waals surface area contributed by atoms with Gasteiger partial charge in [0.25, 0.3) is 0 Å². The molecule has 1 saturated carbocycles. The van der Waals surface area contributed by atoms with Gasteiger partial charge in [-0.1, -0.05) is 49.6 Å². The fourth-order valence-corrected chi connectivity index (χ4v) is 4.00. The summed E-state index contributed by atoms with van der Waals surface area (Å²) in [6.07, 6.45) is 11.4. The number of nitrogens with one attached hydrogen (secondary N) is 1. The summed E-state index contributed by atoms with van der Waals surface area (Å²) in [5, 5.41) is 3.64. The molecule has 0 atom stereocenters. The van der Waals surface area contributed by atoms with Gasteiger partial charge in [0.1, 0.15) is 5.84 Å². The van der Waals surface area contributed by atoms with Gasteiger partial charge in [0, 0.05) is 23.5 Å². The Bertz CT molecular complexity index is 700. The van der Waals surface area contributed by atoms with Crippen LogP contribution in [0.2, 0.25) is 0 Å². The molecule has 0 unspecified atom stereocenters. The molecule has 2 heterocycles. The van der Waals surface area contributed by atoms with E-state index < -0.39 is 0 Å². The molecule has 1 fully saturated rings. The Labute approximate surface area is 137 Å². The molecule has 1 aliphatic heterocycles. The number of hydrogen-bond donors (Lipinski definition) is 1. The molecule has 3 heteroatoms. The van der Waals surface area contributed by atoms with E-state index in [9.17, 15) is 0 Å². The number of aromatic nitrogens is 1. The Morgan fingerprint density at radius 3 is 2.70 bits per heavy atom. The minimum absolute atomic E-state index is 0.197. The molecule has 0 radical (unpaired) electrons. The Hall–Kier alpha value is -2.16. The average Bonchev–Trinajstić information content (AvgIpc) is 2.61. The van der Waals surface area contributed by atoms with Crippen LogP contribution in [0.4, 0.5) is 5.69 Å². The van der Waals surface area contributed by atoms with Gasteiger partial charge in [-0.25, -0.2) is 0 Å². The molecule has 2 aliphatic rings. The lowest BCUT2D eigenvalue weighted by molar-refractivity contribution is 0.278. The average molecular weight is 305 g/mol. The zero-order valence-corrected chi connectivity index (χ0v) is 13.5. The number of nitrogens with zero attached hydrogens (tertiary/aromatic N) is 2. The first-order valence-electron chi connectivity index (χ1n) is 8.65. The third-order valence-electron chi connectivity index (χ3n) is 5.26. The smallest absolute Gasteiger partial charge is 0.108 e. The van der Waals surface area contributed by atoms with E-state index in [1.165, 1.54) is 54.8 Å². The van der Waals surface area contributed by atoms with Crippen LogP contribution in [0.25, 0.3) is 0 Å². The van der Waals surface area contributed by atoms with Gasteiger partial charge in [0.05, 0.1) is 6.54 Å². The summed E-state index contributed by atoms with van der Waals surface area (Å²) in [5.41, 5.74) is 3.99. The first-order chi connectivity index (χ1) is 11.4. The minimum Gasteiger partial charge on any atom is -0.343 e. The minimum atomic E-state index is 0.197. The summed E-state index contributed by atoms with van der Waals surface area (Å²) in [5.74, 6) is 1.19. The zero-order chi connectivity index (χ0) is 15.5. The molecule has 0 bridgehead atoms. The van der Waals surface area contributed by atoms with Crippen molar-refractivity contribution in [2.45, 2.75) is 45.1 Å². The Morgan fingerprint density at radius 2 is 1.87 bits per heavy atom. The van der Waals surface area contributed by atoms with Crippen LogP contribution in [0.3, 0.4) is 0 Å². The van der Waals surface area contributed by atoms with Gasteiger partial charge in [-0.15, -0.1) is 0 Å². The summed E-state index contributed by atoms with van der Waals surface area (Å²) in [7, 11) is 0. The van der Waals surface area contributed by atoms with Crippen LogP contribution in [0.15, 0.2) is 53.8 Å². The van der Waals surface area contributed by atoms with Gasteiger partial charge in [-0.3, -0.25) is 9.98 Å². The van der Waals surface area contributed by atoms with Crippen LogP contribution >= 0.6 is 0 Å². The summed E-state index contributed by atoms with van der Waals surface area (Å²) >= 11 is 0. The van der Waals surface area contributed by atoms with E-state index in [-0.39, 0.29) is 5.41 Å². The third kappa shape index (κ3) is 2.88. The number of anilines is 1. The lowest BCUT2D eigenvalue weighted by atomic mass is 9.68. The van der Waals surface area contributed by atoms with Gasteiger partial charge >= 0.3 is 0 Å². The normalized spacial score (nSPS) is 21.0. The summed E-state index contributed by atoms with van der Waals surface area (Å²) < 4.78 is 0. The Kier molecular flexibility index (Phi) is 3.86. The van der Waals surface area contributed by atoms with Crippen molar-refractivity contribution in [2.24, 2.45) is 10.4 Å². The lowest BCUT2D eigenvalue weighted by Crippen LogP contribution is -2.43. The second-order valence-corrected chi connectivity index (χ2v) is 6.83. The highest BCUT2D eigenvalue weighted by Crippen LogP contribution is 2.44. The van der Waals surface area contributed by atoms with Crippen LogP contribution in [0.1, 0.15) is 43.2 Å². The molecule has 23 heavy (non-hydrogen) atoms. The van der Waals surface area contributed by atoms with Crippen molar-refractivity contribution >= 4 is 11.5 Å². The number of aliphatic imine (C=N–C) groups is 1. The van der Waals surface area contributed by atoms with Crippen molar-refractivity contribution in [3.8, 4) is 0 Å². The van der Waals surface area contributed by atoms with E-state index in [0.29, 0.717) is 0 Å². The van der Waals surface area contributed by atoms with Crippen molar-refractivity contribution in [1.29, 1.82) is 0 Å². The molecule has 1 aromatic heterocycles. The van der Waals surface area contributed by atoms with E-state index in [0.717, 1.165) is 13.0 Å². The summed E-state index contributed by atoms with van der Waals surface area (Å²) in [4.78, 5) is 9.33. The lowest BCUT2D eigenvalue weighted by Gasteiger charge is -2.42. The molecule has 118 valence electrons. The maximum atomic E-state index is 5.01. The Balaban J connectivity index is 1.67. The molecule has 1 aliphatic carbocycles. The molecule has 0 amide bonds. The largest absolute Gasteiger partial charge is 0.343 e. The van der Waals surface area contributed by atoms with Crippen LogP contribution < -0.4 is 5.32 Å². The highest BCUT2D eigenvalue weighted by Gasteiger charge is 2.40. The number of hydrogen-bond acceptors (Lipinski definition) is 2. The molecule has 4 rings (SSSR count). The van der Waals surface area contributed by atoms with Crippen LogP contribution in [-0.2, 0) is 13.0 Å². The number of fused-ring (bicyclic) bond motifs is 1. The van der Waals surface area contributed by atoms with Crippen molar-refractivity contribution in [3.05, 3.63) is 59.9 Å². The quantitative estimate of drug-likeness (QED) is 0.880. The first-order valence-corrected chi connectivity index (χ1v) is 8.65. The molecular formula is C20H23N3. The maximum Gasteiger partial charge on any atom is 0.108 e. The molecule has 1 spiro atoms. The van der Waals surface area contributed by atoms with Crippen LogP contribution in [0.5, 0.6) is 0 Å². The molecule has 1 aromatic carbocycles. The van der Waals surface area contributed by atoms with Crippen molar-refractivity contribution in [1.82, 2.24) is 4.98 Å². The first kappa shape index (κ1) is 14.4. The van der Waals surface area contributed by atoms with Gasteiger partial charge in [-0.2, -0.15) is 0 Å². The highest BCUT2D eigenvalue weighted by atomic mass is 15.0. The van der Waals surface area contributed by atoms with E-state index in [2.05, 4.69) is 46.7 Å². The molecule has 3 nitrogen and oxygen atoms in total. The highest BCUT2D eigenvalue weighted by molar-refractivity contribution is 6.02. The molecule has 1 N–H and O–H groups in total. The second-order valence-electron chi connectivity index (χ2n) is 6.83.